The summed E-state index contributed by atoms with van der Waals surface area (Å²) in [6.07, 6.45) is -0.550. The number of rotatable bonds is 5. The number of hydrogen-bond acceptors (Lipinski definition) is 4. The van der Waals surface area contributed by atoms with Crippen LogP contribution in [0.25, 0.3) is 0 Å². The quantitative estimate of drug-likeness (QED) is 0.686. The molecule has 0 spiro atoms. The van der Waals surface area contributed by atoms with Gasteiger partial charge in [-0.15, -0.1) is 0 Å². The molecule has 0 fully saturated rings. The number of carbonyl (C=O) groups is 1. The molecule has 1 aromatic carbocycles. The fraction of sp³-hybridized carbons (Fsp3) is 0.500. The monoisotopic (exact) mass is 488 g/mol. The van der Waals surface area contributed by atoms with Crippen molar-refractivity contribution >= 4 is 48.0 Å². The molecule has 0 saturated carbocycles. The summed E-state index contributed by atoms with van der Waals surface area (Å²) in [5.41, 5.74) is -0.630. The Balaban J connectivity index is 2.72. The molecule has 0 aliphatic carbocycles. The first-order valence-electron chi connectivity index (χ1n) is 6.92. The summed E-state index contributed by atoms with van der Waals surface area (Å²) in [4.78, 5) is 13.0. The third kappa shape index (κ3) is 6.30. The zero-order valence-electron chi connectivity index (χ0n) is 13.7. The zero-order valence-corrected chi connectivity index (χ0v) is 17.7. The average Bonchev–Trinajstić information content (AvgIpc) is 2.34. The molecule has 0 saturated heterocycles. The van der Waals surface area contributed by atoms with Crippen LogP contribution in [0.2, 0.25) is 0 Å². The molecule has 136 valence electrons. The second-order valence-corrected chi connectivity index (χ2v) is 9.41. The Kier molecular flexibility index (Phi) is 7.21. The number of carbonyl (C=O) groups excluding carboxylic acids is 1. The van der Waals surface area contributed by atoms with Crippen LogP contribution in [0, 0.1) is 5.82 Å². The molecule has 0 aliphatic rings. The summed E-state index contributed by atoms with van der Waals surface area (Å²) in [6, 6.07) is 2.12. The van der Waals surface area contributed by atoms with Crippen LogP contribution in [0.4, 0.5) is 9.18 Å². The maximum Gasteiger partial charge on any atom is 0.410 e. The van der Waals surface area contributed by atoms with Gasteiger partial charge in [0.25, 0.3) is 0 Å². The van der Waals surface area contributed by atoms with Crippen molar-refractivity contribution in [2.24, 2.45) is 0 Å². The van der Waals surface area contributed by atoms with Crippen LogP contribution >= 0.6 is 31.9 Å². The smallest absolute Gasteiger partial charge is 0.410 e. The first-order chi connectivity index (χ1) is 10.8. The highest BCUT2D eigenvalue weighted by Gasteiger charge is 2.23. The molecule has 1 rings (SSSR count). The molecule has 0 unspecified atom stereocenters. The highest BCUT2D eigenvalue weighted by molar-refractivity contribution is 9.11. The van der Waals surface area contributed by atoms with Crippen LogP contribution < -0.4 is 4.72 Å². The Labute approximate surface area is 158 Å². The molecule has 24 heavy (non-hydrogen) atoms. The minimum atomic E-state index is -3.88. The summed E-state index contributed by atoms with van der Waals surface area (Å²) in [5, 5.41) is 0. The van der Waals surface area contributed by atoms with Crippen molar-refractivity contribution in [2.75, 3.05) is 20.1 Å². The first-order valence-corrected chi connectivity index (χ1v) is 9.99. The largest absolute Gasteiger partial charge is 0.444 e. The number of halogens is 3. The van der Waals surface area contributed by atoms with Gasteiger partial charge >= 0.3 is 6.09 Å². The minimum Gasteiger partial charge on any atom is -0.444 e. The summed E-state index contributed by atoms with van der Waals surface area (Å²) in [7, 11) is -2.38. The molecule has 0 bridgehead atoms. The molecule has 1 amide bonds. The maximum atomic E-state index is 13.2. The van der Waals surface area contributed by atoms with E-state index < -0.39 is 27.5 Å². The standard InChI is InChI=1S/C14H19Br2FN2O4S/c1-14(2,3)23-13(20)19(4)6-5-18-24(21,22)12-10(15)7-9(17)8-11(12)16/h7-8,18H,5-6H2,1-4H3. The van der Waals surface area contributed by atoms with Gasteiger partial charge in [-0.1, -0.05) is 0 Å². The number of nitrogens with one attached hydrogen (secondary N) is 1. The van der Waals surface area contributed by atoms with Crippen molar-refractivity contribution in [3.05, 3.63) is 26.9 Å². The molecule has 0 aliphatic heterocycles. The van der Waals surface area contributed by atoms with E-state index >= 15 is 0 Å². The van der Waals surface area contributed by atoms with Crippen molar-refractivity contribution in [1.29, 1.82) is 0 Å². The fourth-order valence-corrected chi connectivity index (χ4v) is 5.18. The van der Waals surface area contributed by atoms with Crippen molar-refractivity contribution < 1.29 is 22.3 Å². The molecule has 0 atom stereocenters. The molecule has 10 heteroatoms. The van der Waals surface area contributed by atoms with E-state index in [9.17, 15) is 17.6 Å². The second-order valence-electron chi connectivity index (χ2n) is 6.00. The summed E-state index contributed by atoms with van der Waals surface area (Å²) in [6.45, 7) is 5.32. The van der Waals surface area contributed by atoms with E-state index in [0.29, 0.717) is 0 Å². The van der Waals surface area contributed by atoms with Crippen LogP contribution in [0.15, 0.2) is 26.0 Å². The van der Waals surface area contributed by atoms with Crippen molar-refractivity contribution in [1.82, 2.24) is 9.62 Å². The first kappa shape index (κ1) is 21.3. The van der Waals surface area contributed by atoms with E-state index in [2.05, 4.69) is 36.6 Å². The third-order valence-corrected chi connectivity index (χ3v) is 6.01. The van der Waals surface area contributed by atoms with Gasteiger partial charge in [-0.05, 0) is 64.8 Å². The average molecular weight is 490 g/mol. The Morgan fingerprint density at radius 3 is 2.25 bits per heavy atom. The van der Waals surface area contributed by atoms with E-state index in [1.165, 1.54) is 11.9 Å². The molecule has 1 N–H and O–H groups in total. The Morgan fingerprint density at radius 1 is 1.29 bits per heavy atom. The lowest BCUT2D eigenvalue weighted by Crippen LogP contribution is -2.39. The van der Waals surface area contributed by atoms with Crippen LogP contribution in [0.1, 0.15) is 20.8 Å². The highest BCUT2D eigenvalue weighted by atomic mass is 79.9. The van der Waals surface area contributed by atoms with E-state index in [4.69, 9.17) is 4.74 Å². The molecule has 0 heterocycles. The summed E-state index contributed by atoms with van der Waals surface area (Å²) >= 11 is 6.07. The van der Waals surface area contributed by atoms with Crippen molar-refractivity contribution in [3.63, 3.8) is 0 Å². The van der Waals surface area contributed by atoms with Gasteiger partial charge in [0.05, 0.1) is 0 Å². The van der Waals surface area contributed by atoms with Gasteiger partial charge in [-0.25, -0.2) is 22.3 Å². The molecule has 0 radical (unpaired) electrons. The molecule has 0 aromatic heterocycles. The highest BCUT2D eigenvalue weighted by Crippen LogP contribution is 2.30. The molecule has 6 nitrogen and oxygen atoms in total. The second kappa shape index (κ2) is 8.11. The van der Waals surface area contributed by atoms with Gasteiger partial charge in [-0.3, -0.25) is 0 Å². The number of amides is 1. The van der Waals surface area contributed by atoms with E-state index in [1.807, 2.05) is 0 Å². The number of hydrogen-bond donors (Lipinski definition) is 1. The lowest BCUT2D eigenvalue weighted by atomic mass is 10.2. The van der Waals surface area contributed by atoms with E-state index in [1.54, 1.807) is 20.8 Å². The maximum absolute atomic E-state index is 13.2. The Morgan fingerprint density at radius 2 is 1.79 bits per heavy atom. The minimum absolute atomic E-state index is 0.0195. The Hall–Kier alpha value is -0.710. The summed E-state index contributed by atoms with van der Waals surface area (Å²) < 4.78 is 45.7. The van der Waals surface area contributed by atoms with Crippen LogP contribution in [0.3, 0.4) is 0 Å². The number of nitrogens with zero attached hydrogens (tertiary/aromatic N) is 1. The molecular weight excluding hydrogens is 471 g/mol. The van der Waals surface area contributed by atoms with Gasteiger partial charge in [0.1, 0.15) is 16.3 Å². The van der Waals surface area contributed by atoms with Gasteiger partial charge < -0.3 is 9.64 Å². The van der Waals surface area contributed by atoms with E-state index in [0.717, 1.165) is 12.1 Å². The summed E-state index contributed by atoms with van der Waals surface area (Å²) in [5.74, 6) is -0.572. The SMILES string of the molecule is CN(CCNS(=O)(=O)c1c(Br)cc(F)cc1Br)C(=O)OC(C)(C)C. The van der Waals surface area contributed by atoms with Gasteiger partial charge in [-0.2, -0.15) is 0 Å². The number of likely N-dealkylation sites (N-methyl/N-ethyl adjacent to an activating group) is 1. The fourth-order valence-electron chi connectivity index (χ4n) is 1.64. The van der Waals surface area contributed by atoms with Crippen molar-refractivity contribution in [3.8, 4) is 0 Å². The number of sulfonamides is 1. The normalized spacial score (nSPS) is 12.1. The predicted octanol–water partition coefficient (Wildman–Crippen LogP) is 3.50. The third-order valence-electron chi connectivity index (χ3n) is 2.68. The lowest BCUT2D eigenvalue weighted by Gasteiger charge is -2.24. The molecular formula is C14H19Br2FN2O4S. The van der Waals surface area contributed by atoms with Crippen LogP contribution in [-0.2, 0) is 14.8 Å². The topological polar surface area (TPSA) is 75.7 Å². The molecule has 1 aromatic rings. The van der Waals surface area contributed by atoms with Gasteiger partial charge in [0, 0.05) is 29.1 Å². The van der Waals surface area contributed by atoms with Gasteiger partial charge in [0.2, 0.25) is 10.0 Å². The predicted molar refractivity (Wildman–Crippen MR) is 95.9 cm³/mol. The van der Waals surface area contributed by atoms with Crippen molar-refractivity contribution in [2.45, 2.75) is 31.3 Å². The number of benzene rings is 1. The number of ether oxygens (including phenoxy) is 1. The van der Waals surface area contributed by atoms with Crippen LogP contribution in [-0.4, -0.2) is 45.1 Å². The lowest BCUT2D eigenvalue weighted by molar-refractivity contribution is 0.0302. The van der Waals surface area contributed by atoms with Crippen LogP contribution in [0.5, 0.6) is 0 Å². The Bertz CT molecular complexity index is 697. The van der Waals surface area contributed by atoms with E-state index in [-0.39, 0.29) is 26.9 Å². The van der Waals surface area contributed by atoms with Gasteiger partial charge in [0.15, 0.2) is 0 Å². The zero-order chi connectivity index (χ0) is 18.7.